The number of hydrogen-bond donors (Lipinski definition) is 0. The molecule has 1 heterocycles. The quantitative estimate of drug-likeness (QED) is 0.547. The monoisotopic (exact) mass is 315 g/mol. The van der Waals surface area contributed by atoms with Gasteiger partial charge < -0.3 is 9.47 Å². The molecule has 0 atom stereocenters. The van der Waals surface area contributed by atoms with Gasteiger partial charge in [0.2, 0.25) is 0 Å². The summed E-state index contributed by atoms with van der Waals surface area (Å²) in [5, 5.41) is 1.88. The summed E-state index contributed by atoms with van der Waals surface area (Å²) in [6, 6.07) is 0. The average Bonchev–Trinajstić information content (AvgIpc) is 2.76. The highest BCUT2D eigenvalue weighted by molar-refractivity contribution is 7.09. The third-order valence-electron chi connectivity index (χ3n) is 2.07. The van der Waals surface area contributed by atoms with Crippen molar-refractivity contribution in [3.8, 4) is 0 Å². The van der Waals surface area contributed by atoms with E-state index in [1.165, 1.54) is 0 Å². The summed E-state index contributed by atoms with van der Waals surface area (Å²) in [5.41, 5.74) is 0.424. The van der Waals surface area contributed by atoms with Crippen LogP contribution in [-0.4, -0.2) is 36.5 Å². The molecule has 0 spiro atoms. The maximum atomic E-state index is 12.6. The van der Waals surface area contributed by atoms with Crippen molar-refractivity contribution in [2.75, 3.05) is 13.2 Å². The second-order valence-electron chi connectivity index (χ2n) is 3.77. The Bertz CT molecular complexity index is 439. The number of carbonyl (C=O) groups excluding carboxylic acids is 1. The number of rotatable bonds is 8. The number of carbonyl (C=O) groups is 1. The Kier molecular flexibility index (Phi) is 6.34. The fourth-order valence-corrected chi connectivity index (χ4v) is 1.92. The van der Waals surface area contributed by atoms with Crippen molar-refractivity contribution in [3.63, 3.8) is 0 Å². The van der Waals surface area contributed by atoms with E-state index in [4.69, 9.17) is 4.74 Å². The summed E-state index contributed by atoms with van der Waals surface area (Å²) in [6.45, 7) is 0.232. The number of ether oxygens (including phenoxy) is 2. The molecule has 20 heavy (non-hydrogen) atoms. The Morgan fingerprint density at radius 1 is 1.50 bits per heavy atom. The van der Waals surface area contributed by atoms with E-state index in [0.717, 1.165) is 11.3 Å². The van der Waals surface area contributed by atoms with Crippen LogP contribution in [0.15, 0.2) is 5.38 Å². The molecule has 9 heteroatoms. The lowest BCUT2D eigenvalue weighted by molar-refractivity contribution is -0.168. The van der Waals surface area contributed by atoms with Crippen molar-refractivity contribution in [1.82, 2.24) is 4.98 Å². The summed E-state index contributed by atoms with van der Waals surface area (Å²) >= 11 is 1.09. The van der Waals surface area contributed by atoms with Gasteiger partial charge in [0.25, 0.3) is 0 Å². The van der Waals surface area contributed by atoms with Gasteiger partial charge in [-0.15, -0.1) is 11.3 Å². The first-order chi connectivity index (χ1) is 9.35. The molecular formula is C11H13F4NO3S. The first-order valence-electron chi connectivity index (χ1n) is 5.67. The standard InChI is InChI=1S/C11H13F4NO3S/c1-2-19-9(17)3-7-5-20-8(16-7)4-18-6-11(14,15)10(12)13/h5,10H,2-4,6H2,1H3. The largest absolute Gasteiger partial charge is 0.466 e. The Labute approximate surface area is 116 Å². The van der Waals surface area contributed by atoms with Crippen LogP contribution in [-0.2, 0) is 27.3 Å². The summed E-state index contributed by atoms with van der Waals surface area (Å²) in [5.74, 6) is -4.63. The lowest BCUT2D eigenvalue weighted by atomic mass is 10.3. The van der Waals surface area contributed by atoms with Crippen molar-refractivity contribution < 1.29 is 31.8 Å². The number of halogens is 4. The number of hydrogen-bond acceptors (Lipinski definition) is 5. The number of alkyl halides is 4. The normalized spacial score (nSPS) is 11.9. The van der Waals surface area contributed by atoms with Crippen LogP contribution in [0.25, 0.3) is 0 Å². The topological polar surface area (TPSA) is 48.4 Å². The van der Waals surface area contributed by atoms with Crippen molar-refractivity contribution >= 4 is 17.3 Å². The van der Waals surface area contributed by atoms with Gasteiger partial charge in [-0.25, -0.2) is 13.8 Å². The van der Waals surface area contributed by atoms with Crippen LogP contribution < -0.4 is 0 Å². The molecule has 4 nitrogen and oxygen atoms in total. The zero-order chi connectivity index (χ0) is 15.2. The fourth-order valence-electron chi connectivity index (χ4n) is 1.19. The molecule has 0 unspecified atom stereocenters. The van der Waals surface area contributed by atoms with E-state index in [0.29, 0.717) is 10.7 Å². The van der Waals surface area contributed by atoms with Crippen LogP contribution in [0, 0.1) is 0 Å². The van der Waals surface area contributed by atoms with Crippen LogP contribution in [0.1, 0.15) is 17.6 Å². The minimum Gasteiger partial charge on any atom is -0.466 e. The molecule has 0 aliphatic rings. The zero-order valence-electron chi connectivity index (χ0n) is 10.6. The Balaban J connectivity index is 2.39. The molecule has 0 radical (unpaired) electrons. The van der Waals surface area contributed by atoms with Gasteiger partial charge in [0.1, 0.15) is 11.6 Å². The summed E-state index contributed by atoms with van der Waals surface area (Å²) < 4.78 is 58.1. The number of esters is 1. The van der Waals surface area contributed by atoms with Gasteiger partial charge >= 0.3 is 18.3 Å². The van der Waals surface area contributed by atoms with Crippen LogP contribution in [0.2, 0.25) is 0 Å². The Morgan fingerprint density at radius 2 is 2.20 bits per heavy atom. The highest BCUT2D eigenvalue weighted by Crippen LogP contribution is 2.23. The molecular weight excluding hydrogens is 302 g/mol. The van der Waals surface area contributed by atoms with Crippen molar-refractivity contribution in [1.29, 1.82) is 0 Å². The molecule has 1 rings (SSSR count). The molecule has 1 aromatic heterocycles. The van der Waals surface area contributed by atoms with Gasteiger partial charge in [-0.2, -0.15) is 8.78 Å². The van der Waals surface area contributed by atoms with Gasteiger partial charge in [0.05, 0.1) is 25.3 Å². The Morgan fingerprint density at radius 3 is 2.80 bits per heavy atom. The van der Waals surface area contributed by atoms with Crippen molar-refractivity contribution in [3.05, 3.63) is 16.1 Å². The number of aromatic nitrogens is 1. The van der Waals surface area contributed by atoms with Crippen molar-refractivity contribution in [2.24, 2.45) is 0 Å². The second-order valence-corrected chi connectivity index (χ2v) is 4.71. The SMILES string of the molecule is CCOC(=O)Cc1csc(COCC(F)(F)C(F)F)n1. The van der Waals surface area contributed by atoms with Crippen LogP contribution >= 0.6 is 11.3 Å². The molecule has 0 N–H and O–H groups in total. The van der Waals surface area contributed by atoms with E-state index in [9.17, 15) is 22.4 Å². The summed E-state index contributed by atoms with van der Waals surface area (Å²) in [6.07, 6.45) is -3.80. The smallest absolute Gasteiger partial charge is 0.330 e. The lowest BCUT2D eigenvalue weighted by Gasteiger charge is -2.14. The van der Waals surface area contributed by atoms with E-state index in [1.807, 2.05) is 0 Å². The third-order valence-corrected chi connectivity index (χ3v) is 2.94. The molecule has 0 bridgehead atoms. The molecule has 0 saturated carbocycles. The molecule has 0 amide bonds. The first-order valence-corrected chi connectivity index (χ1v) is 6.55. The van der Waals surface area contributed by atoms with Gasteiger partial charge in [0, 0.05) is 5.38 Å². The fraction of sp³-hybridized carbons (Fsp3) is 0.636. The van der Waals surface area contributed by atoms with E-state index in [-0.39, 0.29) is 19.6 Å². The maximum Gasteiger partial charge on any atom is 0.330 e. The first kappa shape index (κ1) is 16.8. The minimum atomic E-state index is -4.18. The maximum absolute atomic E-state index is 12.6. The molecule has 114 valence electrons. The molecule has 0 fully saturated rings. The molecule has 1 aromatic rings. The summed E-state index contributed by atoms with van der Waals surface area (Å²) in [4.78, 5) is 15.1. The molecule has 0 aliphatic carbocycles. The van der Waals surface area contributed by atoms with Crippen LogP contribution in [0.3, 0.4) is 0 Å². The number of nitrogens with zero attached hydrogens (tertiary/aromatic N) is 1. The average molecular weight is 315 g/mol. The van der Waals surface area contributed by atoms with E-state index >= 15 is 0 Å². The highest BCUT2D eigenvalue weighted by Gasteiger charge is 2.40. The molecule has 0 aliphatic heterocycles. The highest BCUT2D eigenvalue weighted by atomic mass is 32.1. The van der Waals surface area contributed by atoms with Crippen molar-refractivity contribution in [2.45, 2.75) is 32.3 Å². The van der Waals surface area contributed by atoms with Gasteiger partial charge in [-0.3, -0.25) is 4.79 Å². The predicted molar refractivity (Wildman–Crippen MR) is 63.1 cm³/mol. The predicted octanol–water partition coefficient (Wildman–Crippen LogP) is 2.67. The lowest BCUT2D eigenvalue weighted by Crippen LogP contribution is -2.32. The minimum absolute atomic E-state index is 0.0302. The van der Waals surface area contributed by atoms with Crippen LogP contribution in [0.4, 0.5) is 17.6 Å². The van der Waals surface area contributed by atoms with E-state index in [2.05, 4.69) is 9.72 Å². The van der Waals surface area contributed by atoms with E-state index in [1.54, 1.807) is 12.3 Å². The zero-order valence-corrected chi connectivity index (χ0v) is 11.4. The second kappa shape index (κ2) is 7.53. The van der Waals surface area contributed by atoms with Crippen LogP contribution in [0.5, 0.6) is 0 Å². The van der Waals surface area contributed by atoms with Gasteiger partial charge in [-0.05, 0) is 6.92 Å². The number of thiazole rings is 1. The third kappa shape index (κ3) is 5.41. The molecule has 0 saturated heterocycles. The Hall–Kier alpha value is -1.22. The summed E-state index contributed by atoms with van der Waals surface area (Å²) in [7, 11) is 0. The van der Waals surface area contributed by atoms with E-state index < -0.39 is 24.9 Å². The molecule has 0 aromatic carbocycles. The van der Waals surface area contributed by atoms with Gasteiger partial charge in [0.15, 0.2) is 0 Å². The van der Waals surface area contributed by atoms with Gasteiger partial charge in [-0.1, -0.05) is 0 Å².